The van der Waals surface area contributed by atoms with Crippen LogP contribution in [0.3, 0.4) is 0 Å². The van der Waals surface area contributed by atoms with Crippen molar-refractivity contribution in [2.24, 2.45) is 0 Å². The van der Waals surface area contributed by atoms with Gasteiger partial charge in [0.05, 0.1) is 5.56 Å². The zero-order chi connectivity index (χ0) is 15.4. The first kappa shape index (κ1) is 14.4. The fourth-order valence-electron chi connectivity index (χ4n) is 1.61. The van der Waals surface area contributed by atoms with Crippen LogP contribution in [0.1, 0.15) is 23.2 Å². The Hall–Kier alpha value is -2.96. The third-order valence-corrected chi connectivity index (χ3v) is 2.66. The maximum absolute atomic E-state index is 11.8. The number of hydrogen-bond acceptors (Lipinski definition) is 6. The van der Waals surface area contributed by atoms with Crippen LogP contribution in [0.2, 0.25) is 0 Å². The highest BCUT2D eigenvalue weighted by molar-refractivity contribution is 6.02. The number of hydroxylamine groups is 2. The number of amides is 2. The molecule has 21 heavy (non-hydrogen) atoms. The van der Waals surface area contributed by atoms with E-state index in [1.165, 1.54) is 24.3 Å². The van der Waals surface area contributed by atoms with Crippen molar-refractivity contribution in [1.82, 2.24) is 5.06 Å². The molecule has 0 bridgehead atoms. The Labute approximate surface area is 119 Å². The van der Waals surface area contributed by atoms with Crippen molar-refractivity contribution in [3.8, 4) is 5.75 Å². The molecule has 0 atom stereocenters. The smallest absolute Gasteiger partial charge is 0.363 e. The summed E-state index contributed by atoms with van der Waals surface area (Å²) in [5.74, 6) is -2.35. The molecule has 0 N–H and O–H groups in total. The molecule has 108 valence electrons. The van der Waals surface area contributed by atoms with Gasteiger partial charge in [0.2, 0.25) is 0 Å². The Morgan fingerprint density at radius 1 is 1.10 bits per heavy atom. The van der Waals surface area contributed by atoms with E-state index < -0.39 is 23.8 Å². The van der Waals surface area contributed by atoms with Crippen molar-refractivity contribution in [3.05, 3.63) is 42.5 Å². The molecule has 0 aliphatic carbocycles. The van der Waals surface area contributed by atoms with Gasteiger partial charge in [0.1, 0.15) is 5.75 Å². The van der Waals surface area contributed by atoms with Gasteiger partial charge in [-0.25, -0.2) is 9.59 Å². The monoisotopic (exact) mass is 289 g/mol. The number of rotatable bonds is 4. The molecule has 1 aromatic rings. The lowest BCUT2D eigenvalue weighted by molar-refractivity contribution is -0.172. The lowest BCUT2D eigenvalue weighted by Gasteiger charge is -2.12. The van der Waals surface area contributed by atoms with Gasteiger partial charge in [0, 0.05) is 18.9 Å². The molecule has 7 nitrogen and oxygen atoms in total. The van der Waals surface area contributed by atoms with E-state index in [1.807, 2.05) is 0 Å². The highest BCUT2D eigenvalue weighted by Gasteiger charge is 2.33. The summed E-state index contributed by atoms with van der Waals surface area (Å²) in [4.78, 5) is 50.2. The van der Waals surface area contributed by atoms with Crippen LogP contribution >= 0.6 is 0 Å². The average molecular weight is 289 g/mol. The van der Waals surface area contributed by atoms with E-state index in [0.29, 0.717) is 5.06 Å². The molecule has 0 saturated carbocycles. The van der Waals surface area contributed by atoms with Crippen molar-refractivity contribution in [2.75, 3.05) is 0 Å². The predicted octanol–water partition coefficient (Wildman–Crippen LogP) is 0.999. The topological polar surface area (TPSA) is 90.0 Å². The Morgan fingerprint density at radius 3 is 2.19 bits per heavy atom. The molecule has 0 aromatic heterocycles. The number of carbonyl (C=O) groups excluding carboxylic acids is 4. The minimum absolute atomic E-state index is 0.0303. The van der Waals surface area contributed by atoms with Gasteiger partial charge in [-0.15, -0.1) is 5.06 Å². The summed E-state index contributed by atoms with van der Waals surface area (Å²) in [6.07, 6.45) is 1.07. The van der Waals surface area contributed by atoms with Gasteiger partial charge in [-0.05, 0) is 24.3 Å². The summed E-state index contributed by atoms with van der Waals surface area (Å²) in [6, 6.07) is 5.45. The van der Waals surface area contributed by atoms with Crippen LogP contribution in [-0.2, 0) is 19.2 Å². The number of benzene rings is 1. The summed E-state index contributed by atoms with van der Waals surface area (Å²) in [6.45, 7) is 3.26. The fraction of sp³-hybridized carbons (Fsp3) is 0.143. The second-order valence-corrected chi connectivity index (χ2v) is 4.11. The number of esters is 1. The molecule has 0 spiro atoms. The molecule has 1 aliphatic rings. The zero-order valence-electron chi connectivity index (χ0n) is 10.9. The van der Waals surface area contributed by atoms with Crippen molar-refractivity contribution in [2.45, 2.75) is 12.8 Å². The molecule has 2 rings (SSSR count). The Balaban J connectivity index is 2.03. The SMILES string of the molecule is C=CC(=O)Oc1ccc(C(=O)ON2C(=O)CCC2=O)cc1. The van der Waals surface area contributed by atoms with Gasteiger partial charge in [-0.1, -0.05) is 6.58 Å². The summed E-state index contributed by atoms with van der Waals surface area (Å²) in [5.41, 5.74) is 0.112. The summed E-state index contributed by atoms with van der Waals surface area (Å²) in [5, 5.41) is 0.466. The van der Waals surface area contributed by atoms with Crippen molar-refractivity contribution in [3.63, 3.8) is 0 Å². The third kappa shape index (κ3) is 3.33. The fourth-order valence-corrected chi connectivity index (χ4v) is 1.61. The normalized spacial score (nSPS) is 14.0. The standard InChI is InChI=1S/C14H11NO6/c1-2-13(18)20-10-5-3-9(4-6-10)14(19)21-15-11(16)7-8-12(15)17/h2-6H,1,7-8H2. The maximum atomic E-state index is 11.8. The summed E-state index contributed by atoms with van der Waals surface area (Å²) >= 11 is 0. The second kappa shape index (κ2) is 6.00. The van der Waals surface area contributed by atoms with E-state index in [-0.39, 0.29) is 24.2 Å². The van der Waals surface area contributed by atoms with E-state index in [1.54, 1.807) is 0 Å². The Morgan fingerprint density at radius 2 is 1.67 bits per heavy atom. The van der Waals surface area contributed by atoms with Gasteiger partial charge < -0.3 is 9.57 Å². The van der Waals surface area contributed by atoms with Crippen LogP contribution in [-0.4, -0.2) is 28.8 Å². The van der Waals surface area contributed by atoms with Crippen molar-refractivity contribution >= 4 is 23.8 Å². The number of hydrogen-bond donors (Lipinski definition) is 0. The number of imide groups is 1. The molecule has 2 amide bonds. The van der Waals surface area contributed by atoms with Crippen molar-refractivity contribution < 1.29 is 28.8 Å². The van der Waals surface area contributed by atoms with E-state index in [4.69, 9.17) is 9.57 Å². The number of ether oxygens (including phenoxy) is 1. The van der Waals surface area contributed by atoms with Crippen LogP contribution in [0.25, 0.3) is 0 Å². The van der Waals surface area contributed by atoms with Gasteiger partial charge in [0.15, 0.2) is 0 Å². The number of carbonyl (C=O) groups is 4. The molecule has 1 fully saturated rings. The first-order valence-electron chi connectivity index (χ1n) is 6.03. The summed E-state index contributed by atoms with van der Waals surface area (Å²) in [7, 11) is 0. The predicted molar refractivity (Wildman–Crippen MR) is 68.8 cm³/mol. The van der Waals surface area contributed by atoms with Gasteiger partial charge in [0.25, 0.3) is 11.8 Å². The Bertz CT molecular complexity index is 603. The minimum atomic E-state index is -0.847. The molecule has 1 aliphatic heterocycles. The molecular formula is C14H11NO6. The first-order valence-corrected chi connectivity index (χ1v) is 6.03. The van der Waals surface area contributed by atoms with E-state index >= 15 is 0 Å². The molecule has 1 heterocycles. The highest BCUT2D eigenvalue weighted by Crippen LogP contribution is 2.16. The third-order valence-electron chi connectivity index (χ3n) is 2.66. The van der Waals surface area contributed by atoms with Crippen LogP contribution in [0.15, 0.2) is 36.9 Å². The van der Waals surface area contributed by atoms with E-state index in [0.717, 1.165) is 6.08 Å². The zero-order valence-corrected chi connectivity index (χ0v) is 10.9. The largest absolute Gasteiger partial charge is 0.423 e. The molecule has 0 unspecified atom stereocenters. The quantitative estimate of drug-likeness (QED) is 0.355. The van der Waals surface area contributed by atoms with Crippen LogP contribution in [0, 0.1) is 0 Å². The average Bonchev–Trinajstić information content (AvgIpc) is 2.79. The van der Waals surface area contributed by atoms with E-state index in [2.05, 4.69) is 6.58 Å². The number of nitrogens with zero attached hydrogens (tertiary/aromatic N) is 1. The first-order chi connectivity index (χ1) is 10.0. The lowest BCUT2D eigenvalue weighted by atomic mass is 10.2. The lowest BCUT2D eigenvalue weighted by Crippen LogP contribution is -2.32. The molecule has 1 aromatic carbocycles. The Kier molecular flexibility index (Phi) is 4.13. The highest BCUT2D eigenvalue weighted by atomic mass is 16.7. The summed E-state index contributed by atoms with van der Waals surface area (Å²) < 4.78 is 4.84. The molecular weight excluding hydrogens is 278 g/mol. The van der Waals surface area contributed by atoms with Crippen LogP contribution in [0.5, 0.6) is 5.75 Å². The van der Waals surface area contributed by atoms with Crippen molar-refractivity contribution in [1.29, 1.82) is 0 Å². The van der Waals surface area contributed by atoms with Crippen LogP contribution in [0.4, 0.5) is 0 Å². The minimum Gasteiger partial charge on any atom is -0.423 e. The van der Waals surface area contributed by atoms with Gasteiger partial charge in [-0.3, -0.25) is 9.59 Å². The molecule has 7 heteroatoms. The molecule has 1 saturated heterocycles. The van der Waals surface area contributed by atoms with Crippen LogP contribution < -0.4 is 4.74 Å². The maximum Gasteiger partial charge on any atom is 0.363 e. The van der Waals surface area contributed by atoms with Gasteiger partial charge in [-0.2, -0.15) is 0 Å². The van der Waals surface area contributed by atoms with Gasteiger partial charge >= 0.3 is 11.9 Å². The molecule has 0 radical (unpaired) electrons. The second-order valence-electron chi connectivity index (χ2n) is 4.11. The van der Waals surface area contributed by atoms with E-state index in [9.17, 15) is 19.2 Å².